The Balaban J connectivity index is 1.66. The fraction of sp³-hybridized carbons (Fsp3) is 0.478. The van der Waals surface area contributed by atoms with Crippen LogP contribution < -0.4 is 21.7 Å². The lowest BCUT2D eigenvalue weighted by molar-refractivity contribution is -0.144. The number of aliphatic imine (C=N–C) groups is 1. The zero-order chi connectivity index (χ0) is 27.3. The highest BCUT2D eigenvalue weighted by atomic mass is 16.4. The Morgan fingerprint density at radius 3 is 2.51 bits per heavy atom. The van der Waals surface area contributed by atoms with E-state index in [0.717, 1.165) is 0 Å². The standard InChI is InChI=1S/C23H31N7O7/c1-12(2)30(16(22(36)37)7-8-17(32)33)21(35)13-3-5-14(6-4-13)25-9-15-10-29(11-31)18-19(26-15)27-23(24)28-20(18)34/h3-6,11-12,15-16,18-19,25-26H,7-10H2,1-2H3,(H,32,33)(H,36,37)(H3,24,27,28,34). The second-order valence-corrected chi connectivity index (χ2v) is 9.11. The molecule has 0 radical (unpaired) electrons. The van der Waals surface area contributed by atoms with E-state index in [4.69, 9.17) is 10.8 Å². The molecule has 0 saturated carbocycles. The van der Waals surface area contributed by atoms with E-state index in [2.05, 4.69) is 20.9 Å². The van der Waals surface area contributed by atoms with Crippen molar-refractivity contribution in [3.63, 3.8) is 0 Å². The number of benzene rings is 1. The number of guanidine groups is 1. The van der Waals surface area contributed by atoms with Gasteiger partial charge in [-0.3, -0.25) is 29.8 Å². The van der Waals surface area contributed by atoms with Crippen LogP contribution in [-0.2, 0) is 19.2 Å². The summed E-state index contributed by atoms with van der Waals surface area (Å²) in [5, 5.41) is 27.4. The molecule has 1 aromatic carbocycles. The molecule has 1 aromatic rings. The number of hydrogen-bond acceptors (Lipinski definition) is 9. The predicted octanol–water partition coefficient (Wildman–Crippen LogP) is -1.16. The second kappa shape index (κ2) is 11.7. The molecule has 0 bridgehead atoms. The van der Waals surface area contributed by atoms with Gasteiger partial charge >= 0.3 is 11.9 Å². The summed E-state index contributed by atoms with van der Waals surface area (Å²) in [7, 11) is 0. The van der Waals surface area contributed by atoms with Crippen LogP contribution in [0.1, 0.15) is 37.0 Å². The van der Waals surface area contributed by atoms with E-state index >= 15 is 0 Å². The minimum Gasteiger partial charge on any atom is -0.481 e. The number of nitrogens with two attached hydrogens (primary N) is 1. The maximum atomic E-state index is 13.1. The fourth-order valence-electron chi connectivity index (χ4n) is 4.45. The molecule has 2 aliphatic heterocycles. The van der Waals surface area contributed by atoms with Gasteiger partial charge < -0.3 is 31.1 Å². The minimum atomic E-state index is -1.28. The van der Waals surface area contributed by atoms with Crippen LogP contribution in [0.5, 0.6) is 0 Å². The maximum absolute atomic E-state index is 13.1. The molecule has 2 aliphatic rings. The van der Waals surface area contributed by atoms with Gasteiger partial charge in [0.25, 0.3) is 11.8 Å². The summed E-state index contributed by atoms with van der Waals surface area (Å²) in [4.78, 5) is 66.3. The number of carboxylic acid groups (broad SMARTS) is 2. The number of carbonyl (C=O) groups is 5. The van der Waals surface area contributed by atoms with E-state index in [9.17, 15) is 29.1 Å². The van der Waals surface area contributed by atoms with Gasteiger partial charge in [0.2, 0.25) is 6.41 Å². The quantitative estimate of drug-likeness (QED) is 0.194. The smallest absolute Gasteiger partial charge is 0.326 e. The van der Waals surface area contributed by atoms with Crippen LogP contribution in [0.3, 0.4) is 0 Å². The van der Waals surface area contributed by atoms with E-state index in [1.165, 1.54) is 9.80 Å². The van der Waals surface area contributed by atoms with Crippen LogP contribution in [0.4, 0.5) is 5.69 Å². The van der Waals surface area contributed by atoms with Gasteiger partial charge in [0.05, 0.1) is 0 Å². The van der Waals surface area contributed by atoms with Crippen LogP contribution in [0.15, 0.2) is 29.3 Å². The van der Waals surface area contributed by atoms with Crippen molar-refractivity contribution in [2.45, 2.75) is 57.0 Å². The van der Waals surface area contributed by atoms with E-state index < -0.39 is 48.0 Å². The molecule has 0 spiro atoms. The number of piperazine rings is 1. The van der Waals surface area contributed by atoms with Crippen molar-refractivity contribution in [2.75, 3.05) is 18.4 Å². The van der Waals surface area contributed by atoms with Gasteiger partial charge in [-0.25, -0.2) is 9.79 Å². The van der Waals surface area contributed by atoms with E-state index in [-0.39, 0.29) is 37.0 Å². The van der Waals surface area contributed by atoms with E-state index in [1.54, 1.807) is 38.1 Å². The van der Waals surface area contributed by atoms with Crippen molar-refractivity contribution in [1.82, 2.24) is 20.4 Å². The van der Waals surface area contributed by atoms with Crippen LogP contribution in [0, 0.1) is 0 Å². The Morgan fingerprint density at radius 1 is 1.27 bits per heavy atom. The van der Waals surface area contributed by atoms with Gasteiger partial charge in [0, 0.05) is 42.8 Å². The number of rotatable bonds is 11. The zero-order valence-corrected chi connectivity index (χ0v) is 20.5. The molecule has 1 saturated heterocycles. The molecule has 200 valence electrons. The van der Waals surface area contributed by atoms with Gasteiger partial charge in [-0.15, -0.1) is 0 Å². The summed E-state index contributed by atoms with van der Waals surface area (Å²) in [6.45, 7) is 3.96. The molecule has 0 aromatic heterocycles. The van der Waals surface area contributed by atoms with Crippen molar-refractivity contribution in [3.8, 4) is 0 Å². The van der Waals surface area contributed by atoms with Crippen molar-refractivity contribution >= 4 is 41.8 Å². The Labute approximate surface area is 212 Å². The summed E-state index contributed by atoms with van der Waals surface area (Å²) in [5.41, 5.74) is 6.56. The summed E-state index contributed by atoms with van der Waals surface area (Å²) in [5.74, 6) is -3.37. The lowest BCUT2D eigenvalue weighted by Crippen LogP contribution is -2.70. The highest BCUT2D eigenvalue weighted by Crippen LogP contribution is 2.20. The van der Waals surface area contributed by atoms with Crippen molar-refractivity contribution in [3.05, 3.63) is 29.8 Å². The molecule has 4 unspecified atom stereocenters. The second-order valence-electron chi connectivity index (χ2n) is 9.11. The number of nitrogens with zero attached hydrogens (tertiary/aromatic N) is 3. The number of amides is 3. The number of nitrogens with one attached hydrogen (secondary N) is 3. The highest BCUT2D eigenvalue weighted by molar-refractivity contribution is 6.02. The molecular weight excluding hydrogens is 486 g/mol. The number of fused-ring (bicyclic) bond motifs is 1. The van der Waals surface area contributed by atoms with Crippen molar-refractivity contribution in [2.24, 2.45) is 10.7 Å². The van der Waals surface area contributed by atoms with Crippen LogP contribution >= 0.6 is 0 Å². The number of aliphatic carboxylic acids is 2. The molecule has 4 atom stereocenters. The Hall–Kier alpha value is -4.20. The number of carboxylic acids is 2. The molecule has 1 fully saturated rings. The third kappa shape index (κ3) is 6.52. The third-order valence-electron chi connectivity index (χ3n) is 6.16. The molecule has 14 heteroatoms. The molecule has 3 rings (SSSR count). The first-order chi connectivity index (χ1) is 17.5. The molecular formula is C23H31N7O7. The van der Waals surface area contributed by atoms with Crippen LogP contribution in [-0.4, -0.2) is 99.6 Å². The van der Waals surface area contributed by atoms with Crippen LogP contribution in [0.2, 0.25) is 0 Å². The summed E-state index contributed by atoms with van der Waals surface area (Å²) >= 11 is 0. The van der Waals surface area contributed by atoms with Gasteiger partial charge in [-0.05, 0) is 44.5 Å². The highest BCUT2D eigenvalue weighted by Gasteiger charge is 2.42. The average Bonchev–Trinajstić information content (AvgIpc) is 2.83. The Bertz CT molecular complexity index is 1080. The molecule has 2 heterocycles. The Morgan fingerprint density at radius 2 is 1.95 bits per heavy atom. The van der Waals surface area contributed by atoms with Gasteiger partial charge in [-0.1, -0.05) is 0 Å². The monoisotopic (exact) mass is 517 g/mol. The first kappa shape index (κ1) is 27.4. The lowest BCUT2D eigenvalue weighted by Gasteiger charge is -2.43. The Kier molecular flexibility index (Phi) is 8.65. The van der Waals surface area contributed by atoms with E-state index in [0.29, 0.717) is 18.6 Å². The van der Waals surface area contributed by atoms with Crippen molar-refractivity contribution < 1.29 is 34.2 Å². The van der Waals surface area contributed by atoms with Crippen LogP contribution in [0.25, 0.3) is 0 Å². The van der Waals surface area contributed by atoms with Gasteiger partial charge in [0.15, 0.2) is 5.96 Å². The minimum absolute atomic E-state index is 0.0259. The molecule has 14 nitrogen and oxygen atoms in total. The zero-order valence-electron chi connectivity index (χ0n) is 20.5. The molecule has 7 N–H and O–H groups in total. The third-order valence-corrected chi connectivity index (χ3v) is 6.16. The largest absolute Gasteiger partial charge is 0.481 e. The van der Waals surface area contributed by atoms with Gasteiger partial charge in [0.1, 0.15) is 18.2 Å². The fourth-order valence-corrected chi connectivity index (χ4v) is 4.45. The lowest BCUT2D eigenvalue weighted by atomic mass is 10.0. The topological polar surface area (TPSA) is 207 Å². The molecule has 3 amide bonds. The molecule has 37 heavy (non-hydrogen) atoms. The normalized spacial score (nSPS) is 21.8. The average molecular weight is 518 g/mol. The van der Waals surface area contributed by atoms with E-state index in [1.807, 2.05) is 0 Å². The summed E-state index contributed by atoms with van der Waals surface area (Å²) in [6, 6.07) is 3.63. The number of anilines is 1. The maximum Gasteiger partial charge on any atom is 0.326 e. The first-order valence-electron chi connectivity index (χ1n) is 11.7. The predicted molar refractivity (Wildman–Crippen MR) is 132 cm³/mol. The van der Waals surface area contributed by atoms with Gasteiger partial charge in [-0.2, -0.15) is 0 Å². The summed E-state index contributed by atoms with van der Waals surface area (Å²) < 4.78 is 0. The van der Waals surface area contributed by atoms with Crippen molar-refractivity contribution in [1.29, 1.82) is 0 Å². The summed E-state index contributed by atoms with van der Waals surface area (Å²) in [6.07, 6.45) is -0.661. The first-order valence-corrected chi connectivity index (χ1v) is 11.7. The SMILES string of the molecule is CC(C)N(C(=O)c1ccc(NCC2CN(C=O)C3C(=O)NC(N)=NC3N2)cc1)C(CCC(=O)O)C(=O)O. The number of carbonyl (C=O) groups excluding carboxylic acids is 3. The number of hydrogen-bond donors (Lipinski definition) is 6. The molecule has 0 aliphatic carbocycles.